The van der Waals surface area contributed by atoms with Gasteiger partial charge in [0.1, 0.15) is 0 Å². The highest BCUT2D eigenvalue weighted by Gasteiger charge is 2.16. The summed E-state index contributed by atoms with van der Waals surface area (Å²) in [5.74, 6) is -0.809. The Hall–Kier alpha value is -1.55. The van der Waals surface area contributed by atoms with Crippen molar-refractivity contribution in [1.82, 2.24) is 4.90 Å². The smallest absolute Gasteiger partial charge is 0.305 e. The summed E-state index contributed by atoms with van der Waals surface area (Å²) >= 11 is 6.18. The second-order valence-electron chi connectivity index (χ2n) is 4.92. The van der Waals surface area contributed by atoms with Crippen molar-refractivity contribution in [2.75, 3.05) is 13.1 Å². The minimum atomic E-state index is -0.913. The molecule has 0 aromatic heterocycles. The van der Waals surface area contributed by atoms with E-state index < -0.39 is 5.97 Å². The Bertz CT molecular complexity index is 500. The van der Waals surface area contributed by atoms with E-state index in [9.17, 15) is 9.59 Å². The molecule has 0 aliphatic carbocycles. The van der Waals surface area contributed by atoms with Gasteiger partial charge in [-0.3, -0.25) is 9.59 Å². The monoisotopic (exact) mass is 297 g/mol. The second kappa shape index (κ2) is 7.29. The fraction of sp³-hybridized carbons (Fsp3) is 0.467. The van der Waals surface area contributed by atoms with Gasteiger partial charge in [0.2, 0.25) is 0 Å². The van der Waals surface area contributed by atoms with Crippen LogP contribution in [0.25, 0.3) is 0 Å². The first kappa shape index (κ1) is 16.5. The number of carboxylic acids is 1. The van der Waals surface area contributed by atoms with E-state index in [-0.39, 0.29) is 18.9 Å². The summed E-state index contributed by atoms with van der Waals surface area (Å²) in [7, 11) is 0. The van der Waals surface area contributed by atoms with Gasteiger partial charge < -0.3 is 10.0 Å². The molecule has 0 saturated heterocycles. The predicted octanol–water partition coefficient (Wildman–Crippen LogP) is 3.40. The molecule has 0 saturated carbocycles. The number of carboxylic acid groups (broad SMARTS) is 1. The maximum atomic E-state index is 12.3. The summed E-state index contributed by atoms with van der Waals surface area (Å²) in [6.07, 6.45) is -0.0581. The average molecular weight is 298 g/mol. The molecule has 1 amide bonds. The van der Waals surface area contributed by atoms with E-state index in [1.54, 1.807) is 12.1 Å². The van der Waals surface area contributed by atoms with Crippen molar-refractivity contribution < 1.29 is 14.7 Å². The number of hydrogen-bond donors (Lipinski definition) is 1. The summed E-state index contributed by atoms with van der Waals surface area (Å²) < 4.78 is 0. The number of hydrogen-bond acceptors (Lipinski definition) is 2. The number of aliphatic carboxylic acids is 1. The van der Waals surface area contributed by atoms with Crippen molar-refractivity contribution in [2.45, 2.75) is 33.1 Å². The van der Waals surface area contributed by atoms with Crippen LogP contribution in [0.5, 0.6) is 0 Å². The van der Waals surface area contributed by atoms with Gasteiger partial charge in [0.15, 0.2) is 0 Å². The van der Waals surface area contributed by atoms with Gasteiger partial charge in [-0.15, -0.1) is 0 Å². The molecule has 0 unspecified atom stereocenters. The largest absolute Gasteiger partial charge is 0.481 e. The zero-order valence-electron chi connectivity index (χ0n) is 12.0. The summed E-state index contributed by atoms with van der Waals surface area (Å²) in [4.78, 5) is 24.4. The third-order valence-corrected chi connectivity index (χ3v) is 3.46. The Morgan fingerprint density at radius 1 is 1.35 bits per heavy atom. The average Bonchev–Trinajstić information content (AvgIpc) is 2.38. The Balaban J connectivity index is 2.90. The van der Waals surface area contributed by atoms with E-state index in [2.05, 4.69) is 0 Å². The maximum Gasteiger partial charge on any atom is 0.305 e. The molecule has 0 atom stereocenters. The first-order valence-electron chi connectivity index (χ1n) is 6.67. The van der Waals surface area contributed by atoms with Crippen molar-refractivity contribution in [3.8, 4) is 0 Å². The standard InChI is InChI=1S/C15H20ClNO3/c1-4-17(8-7-14(18)19)15(20)11-5-6-12(10(2)3)13(16)9-11/h5-6,9-10H,4,7-8H2,1-3H3,(H,18,19). The molecule has 110 valence electrons. The highest BCUT2D eigenvalue weighted by Crippen LogP contribution is 2.25. The fourth-order valence-corrected chi connectivity index (χ4v) is 2.34. The number of carbonyl (C=O) groups is 2. The van der Waals surface area contributed by atoms with Crippen LogP contribution in [0.3, 0.4) is 0 Å². The normalized spacial score (nSPS) is 10.7. The third-order valence-electron chi connectivity index (χ3n) is 3.13. The van der Waals surface area contributed by atoms with Gasteiger partial charge in [0.25, 0.3) is 5.91 Å². The third kappa shape index (κ3) is 4.23. The Labute approximate surface area is 124 Å². The van der Waals surface area contributed by atoms with E-state index in [1.807, 2.05) is 26.8 Å². The number of halogens is 1. The Morgan fingerprint density at radius 3 is 2.45 bits per heavy atom. The van der Waals surface area contributed by atoms with E-state index in [4.69, 9.17) is 16.7 Å². The van der Waals surface area contributed by atoms with Crippen LogP contribution in [0.15, 0.2) is 18.2 Å². The molecule has 0 spiro atoms. The highest BCUT2D eigenvalue weighted by atomic mass is 35.5. The van der Waals surface area contributed by atoms with Crippen molar-refractivity contribution in [3.63, 3.8) is 0 Å². The molecule has 0 aliphatic rings. The minimum Gasteiger partial charge on any atom is -0.481 e. The van der Waals surface area contributed by atoms with Crippen LogP contribution in [0.4, 0.5) is 0 Å². The van der Waals surface area contributed by atoms with Crippen molar-refractivity contribution in [1.29, 1.82) is 0 Å². The fourth-order valence-electron chi connectivity index (χ4n) is 1.94. The Kier molecular flexibility index (Phi) is 6.02. The zero-order chi connectivity index (χ0) is 15.3. The van der Waals surface area contributed by atoms with Crippen LogP contribution in [-0.4, -0.2) is 35.0 Å². The highest BCUT2D eigenvalue weighted by molar-refractivity contribution is 6.31. The van der Waals surface area contributed by atoms with Gasteiger partial charge in [0.05, 0.1) is 6.42 Å². The topological polar surface area (TPSA) is 57.6 Å². The van der Waals surface area contributed by atoms with Crippen molar-refractivity contribution in [2.24, 2.45) is 0 Å². The van der Waals surface area contributed by atoms with Crippen LogP contribution < -0.4 is 0 Å². The van der Waals surface area contributed by atoms with E-state index in [1.165, 1.54) is 4.90 Å². The molecular weight excluding hydrogens is 278 g/mol. The lowest BCUT2D eigenvalue weighted by Crippen LogP contribution is -2.32. The first-order valence-corrected chi connectivity index (χ1v) is 7.05. The lowest BCUT2D eigenvalue weighted by Gasteiger charge is -2.20. The molecule has 1 N–H and O–H groups in total. The number of nitrogens with zero attached hydrogens (tertiary/aromatic N) is 1. The van der Waals surface area contributed by atoms with Crippen LogP contribution in [0.1, 0.15) is 49.0 Å². The number of rotatable bonds is 6. The molecular formula is C15H20ClNO3. The lowest BCUT2D eigenvalue weighted by molar-refractivity contribution is -0.137. The SMILES string of the molecule is CCN(CCC(=O)O)C(=O)c1ccc(C(C)C)c(Cl)c1. The number of amides is 1. The van der Waals surface area contributed by atoms with Gasteiger partial charge in [0, 0.05) is 23.7 Å². The van der Waals surface area contributed by atoms with E-state index in [0.29, 0.717) is 23.0 Å². The molecule has 4 nitrogen and oxygen atoms in total. The van der Waals surface area contributed by atoms with E-state index in [0.717, 1.165) is 5.56 Å². The molecule has 0 fully saturated rings. The summed E-state index contributed by atoms with van der Waals surface area (Å²) in [6, 6.07) is 5.25. The molecule has 0 radical (unpaired) electrons. The van der Waals surface area contributed by atoms with Gasteiger partial charge in [-0.25, -0.2) is 0 Å². The molecule has 1 aromatic rings. The summed E-state index contributed by atoms with van der Waals surface area (Å²) in [5.41, 5.74) is 1.49. The Morgan fingerprint density at radius 2 is 2.00 bits per heavy atom. The molecule has 0 heterocycles. The quantitative estimate of drug-likeness (QED) is 0.875. The second-order valence-corrected chi connectivity index (χ2v) is 5.33. The maximum absolute atomic E-state index is 12.3. The number of benzene rings is 1. The van der Waals surface area contributed by atoms with E-state index >= 15 is 0 Å². The molecule has 5 heteroatoms. The molecule has 0 aliphatic heterocycles. The van der Waals surface area contributed by atoms with Gasteiger partial charge in [-0.2, -0.15) is 0 Å². The predicted molar refractivity (Wildman–Crippen MR) is 79.4 cm³/mol. The zero-order valence-corrected chi connectivity index (χ0v) is 12.8. The van der Waals surface area contributed by atoms with Crippen LogP contribution in [0.2, 0.25) is 5.02 Å². The molecule has 0 bridgehead atoms. The van der Waals surface area contributed by atoms with Crippen LogP contribution in [-0.2, 0) is 4.79 Å². The van der Waals surface area contributed by atoms with Crippen molar-refractivity contribution >= 4 is 23.5 Å². The van der Waals surface area contributed by atoms with Gasteiger partial charge in [-0.1, -0.05) is 31.5 Å². The number of carbonyl (C=O) groups excluding carboxylic acids is 1. The summed E-state index contributed by atoms with van der Waals surface area (Å²) in [6.45, 7) is 6.57. The van der Waals surface area contributed by atoms with Gasteiger partial charge in [-0.05, 0) is 30.5 Å². The molecule has 20 heavy (non-hydrogen) atoms. The van der Waals surface area contributed by atoms with Crippen LogP contribution >= 0.6 is 11.6 Å². The molecule has 1 aromatic carbocycles. The lowest BCUT2D eigenvalue weighted by atomic mass is 10.0. The van der Waals surface area contributed by atoms with Crippen LogP contribution in [0, 0.1) is 0 Å². The summed E-state index contributed by atoms with van der Waals surface area (Å²) in [5, 5.41) is 9.26. The first-order chi connectivity index (χ1) is 9.36. The minimum absolute atomic E-state index is 0.0581. The van der Waals surface area contributed by atoms with Gasteiger partial charge >= 0.3 is 5.97 Å². The molecule has 1 rings (SSSR count). The van der Waals surface area contributed by atoms with Crippen molar-refractivity contribution in [3.05, 3.63) is 34.3 Å².